The molecule has 4 rings (SSSR count). The summed E-state index contributed by atoms with van der Waals surface area (Å²) in [6.45, 7) is 0. The summed E-state index contributed by atoms with van der Waals surface area (Å²) in [7, 11) is 1.51. The molecule has 1 heterocycles. The molecule has 0 unspecified atom stereocenters. The van der Waals surface area contributed by atoms with Crippen molar-refractivity contribution in [3.8, 4) is 22.5 Å². The first-order chi connectivity index (χ1) is 13.9. The SMILES string of the molecule is CNC(=O)c1ccc(C(=O)O)c(-c2c3ccc(=N)cc-3oc3cc(N)ccc23)c1. The maximum atomic E-state index is 12.2. The van der Waals surface area contributed by atoms with Crippen LogP contribution in [0.1, 0.15) is 20.7 Å². The maximum absolute atomic E-state index is 12.2. The molecular formula is C22H17N3O4. The van der Waals surface area contributed by atoms with E-state index in [1.54, 1.807) is 42.5 Å². The number of carboxylic acid groups (broad SMARTS) is 1. The molecule has 1 amide bonds. The second-order valence-electron chi connectivity index (χ2n) is 6.59. The number of hydrogen-bond acceptors (Lipinski definition) is 5. The molecule has 0 radical (unpaired) electrons. The Labute approximate surface area is 165 Å². The number of carboxylic acids is 1. The summed E-state index contributed by atoms with van der Waals surface area (Å²) in [6.07, 6.45) is 0. The van der Waals surface area contributed by atoms with Gasteiger partial charge in [-0.25, -0.2) is 4.79 Å². The van der Waals surface area contributed by atoms with Gasteiger partial charge in [0.1, 0.15) is 11.3 Å². The molecule has 0 saturated carbocycles. The summed E-state index contributed by atoms with van der Waals surface area (Å²) in [5, 5.41) is 21.1. The highest BCUT2D eigenvalue weighted by Gasteiger charge is 2.22. The van der Waals surface area contributed by atoms with Gasteiger partial charge in [0.05, 0.1) is 10.9 Å². The van der Waals surface area contributed by atoms with Crippen LogP contribution in [0, 0.1) is 5.41 Å². The summed E-state index contributed by atoms with van der Waals surface area (Å²) >= 11 is 0. The topological polar surface area (TPSA) is 129 Å². The number of aromatic carboxylic acids is 1. The third-order valence-corrected chi connectivity index (χ3v) is 4.75. The molecule has 0 spiro atoms. The van der Waals surface area contributed by atoms with Crippen LogP contribution >= 0.6 is 0 Å². The summed E-state index contributed by atoms with van der Waals surface area (Å²) in [4.78, 5) is 24.1. The Balaban J connectivity index is 2.19. The lowest BCUT2D eigenvalue weighted by molar-refractivity contribution is 0.0697. The van der Waals surface area contributed by atoms with Gasteiger partial charge in [0, 0.05) is 46.9 Å². The molecule has 1 aliphatic carbocycles. The first kappa shape index (κ1) is 18.2. The fourth-order valence-electron chi connectivity index (χ4n) is 3.42. The molecule has 1 aliphatic heterocycles. The Morgan fingerprint density at radius 1 is 1.03 bits per heavy atom. The minimum atomic E-state index is -1.11. The van der Waals surface area contributed by atoms with Crippen LogP contribution in [0.25, 0.3) is 33.4 Å². The van der Waals surface area contributed by atoms with Crippen molar-refractivity contribution in [2.24, 2.45) is 0 Å². The van der Waals surface area contributed by atoms with Crippen molar-refractivity contribution in [3.63, 3.8) is 0 Å². The fraction of sp³-hybridized carbons (Fsp3) is 0.0455. The van der Waals surface area contributed by atoms with Crippen LogP contribution in [0.4, 0.5) is 5.69 Å². The zero-order valence-corrected chi connectivity index (χ0v) is 15.4. The molecule has 2 aromatic carbocycles. The lowest BCUT2D eigenvalue weighted by Crippen LogP contribution is -2.18. The van der Waals surface area contributed by atoms with Crippen LogP contribution in [0.5, 0.6) is 0 Å². The largest absolute Gasteiger partial charge is 0.478 e. The Bertz CT molecular complexity index is 1320. The molecule has 0 fully saturated rings. The monoisotopic (exact) mass is 387 g/mol. The Kier molecular flexibility index (Phi) is 4.27. The van der Waals surface area contributed by atoms with Gasteiger partial charge in [0.2, 0.25) is 0 Å². The van der Waals surface area contributed by atoms with Crippen LogP contribution in [-0.2, 0) is 0 Å². The molecule has 2 aliphatic rings. The molecule has 0 atom stereocenters. The van der Waals surface area contributed by atoms with Crippen LogP contribution < -0.4 is 16.4 Å². The number of amides is 1. The van der Waals surface area contributed by atoms with Gasteiger partial charge in [-0.15, -0.1) is 0 Å². The third-order valence-electron chi connectivity index (χ3n) is 4.75. The number of nitrogens with two attached hydrogens (primary N) is 1. The summed E-state index contributed by atoms with van der Waals surface area (Å²) in [5.41, 5.74) is 8.86. The van der Waals surface area contributed by atoms with Crippen LogP contribution in [0.2, 0.25) is 0 Å². The van der Waals surface area contributed by atoms with E-state index >= 15 is 0 Å². The molecule has 7 heteroatoms. The minimum Gasteiger partial charge on any atom is -0.478 e. The summed E-state index contributed by atoms with van der Waals surface area (Å²) < 4.78 is 5.94. The normalized spacial score (nSPS) is 10.9. The molecule has 0 bridgehead atoms. The zero-order valence-electron chi connectivity index (χ0n) is 15.4. The number of rotatable bonds is 3. The third kappa shape index (κ3) is 3.08. The van der Waals surface area contributed by atoms with E-state index < -0.39 is 5.97 Å². The van der Waals surface area contributed by atoms with Crippen LogP contribution in [0.15, 0.2) is 59.0 Å². The highest BCUT2D eigenvalue weighted by Crippen LogP contribution is 2.41. The van der Waals surface area contributed by atoms with Gasteiger partial charge in [0.25, 0.3) is 5.91 Å². The number of fused-ring (bicyclic) bond motifs is 2. The van der Waals surface area contributed by atoms with E-state index in [0.717, 1.165) is 0 Å². The van der Waals surface area contributed by atoms with Crippen molar-refractivity contribution in [1.29, 1.82) is 5.41 Å². The smallest absolute Gasteiger partial charge is 0.336 e. The lowest BCUT2D eigenvalue weighted by atomic mass is 9.89. The fourth-order valence-corrected chi connectivity index (χ4v) is 3.42. The van der Waals surface area contributed by atoms with Gasteiger partial charge in [-0.3, -0.25) is 4.79 Å². The highest BCUT2D eigenvalue weighted by molar-refractivity contribution is 6.09. The lowest BCUT2D eigenvalue weighted by Gasteiger charge is -2.17. The van der Waals surface area contributed by atoms with Gasteiger partial charge < -0.3 is 26.0 Å². The van der Waals surface area contributed by atoms with E-state index in [-0.39, 0.29) is 16.8 Å². The van der Waals surface area contributed by atoms with E-state index in [2.05, 4.69) is 5.32 Å². The maximum Gasteiger partial charge on any atom is 0.336 e. The van der Waals surface area contributed by atoms with Gasteiger partial charge in [-0.2, -0.15) is 0 Å². The molecular weight excluding hydrogens is 370 g/mol. The van der Waals surface area contributed by atoms with E-state index in [9.17, 15) is 14.7 Å². The number of nitrogens with one attached hydrogen (secondary N) is 2. The van der Waals surface area contributed by atoms with Crippen molar-refractivity contribution in [1.82, 2.24) is 5.32 Å². The molecule has 5 N–H and O–H groups in total. The quantitative estimate of drug-likeness (QED) is 0.316. The van der Waals surface area contributed by atoms with Crippen molar-refractivity contribution >= 4 is 28.5 Å². The number of hydrogen-bond donors (Lipinski definition) is 4. The molecule has 0 aromatic heterocycles. The van der Waals surface area contributed by atoms with E-state index in [4.69, 9.17) is 15.6 Å². The molecule has 2 aromatic rings. The average Bonchev–Trinajstić information content (AvgIpc) is 2.70. The second-order valence-corrected chi connectivity index (χ2v) is 6.59. The molecule has 7 nitrogen and oxygen atoms in total. The van der Waals surface area contributed by atoms with Crippen molar-refractivity contribution in [2.45, 2.75) is 0 Å². The van der Waals surface area contributed by atoms with Gasteiger partial charge in [0.15, 0.2) is 0 Å². The highest BCUT2D eigenvalue weighted by atomic mass is 16.4. The Morgan fingerprint density at radius 2 is 1.83 bits per heavy atom. The molecule has 144 valence electrons. The van der Waals surface area contributed by atoms with Crippen LogP contribution in [-0.4, -0.2) is 24.0 Å². The molecule has 0 saturated heterocycles. The van der Waals surface area contributed by atoms with E-state index in [0.29, 0.717) is 44.7 Å². The molecule has 29 heavy (non-hydrogen) atoms. The minimum absolute atomic E-state index is 0.0539. The number of benzene rings is 3. The Hall–Kier alpha value is -4.13. The number of carbonyl (C=O) groups is 2. The van der Waals surface area contributed by atoms with E-state index in [1.807, 2.05) is 0 Å². The average molecular weight is 387 g/mol. The van der Waals surface area contributed by atoms with Gasteiger partial charge in [-0.1, -0.05) is 0 Å². The van der Waals surface area contributed by atoms with Crippen molar-refractivity contribution < 1.29 is 19.1 Å². The number of nitrogen functional groups attached to an aromatic ring is 1. The Morgan fingerprint density at radius 3 is 2.55 bits per heavy atom. The predicted molar refractivity (Wildman–Crippen MR) is 109 cm³/mol. The first-order valence-corrected chi connectivity index (χ1v) is 8.79. The summed E-state index contributed by atoms with van der Waals surface area (Å²) in [5.74, 6) is -1.01. The van der Waals surface area contributed by atoms with Crippen LogP contribution in [0.3, 0.4) is 0 Å². The first-order valence-electron chi connectivity index (χ1n) is 8.79. The number of carbonyl (C=O) groups excluding carboxylic acids is 1. The van der Waals surface area contributed by atoms with Crippen molar-refractivity contribution in [2.75, 3.05) is 12.8 Å². The standard InChI is InChI=1S/C22H17N3O4/c1-25-21(26)11-2-5-14(22(27)28)17(8-11)20-15-6-3-12(23)9-18(15)29-19-10-13(24)4-7-16(19)20/h2-10,23H,24H2,1H3,(H,25,26)(H,27,28). The van der Waals surface area contributed by atoms with E-state index in [1.165, 1.54) is 19.2 Å². The second kappa shape index (κ2) is 6.79. The number of anilines is 1. The van der Waals surface area contributed by atoms with Crippen molar-refractivity contribution in [3.05, 3.63) is 71.1 Å². The van der Waals surface area contributed by atoms with Gasteiger partial charge >= 0.3 is 5.97 Å². The zero-order chi connectivity index (χ0) is 20.7. The summed E-state index contributed by atoms with van der Waals surface area (Å²) in [6, 6.07) is 14.4. The van der Waals surface area contributed by atoms with Gasteiger partial charge in [-0.05, 0) is 48.0 Å². The predicted octanol–water partition coefficient (Wildman–Crippen LogP) is 3.32.